The molecule has 178 valence electrons. The number of sulfonamides is 2. The largest absolute Gasteiger partial charge is 0.573 e. The van der Waals surface area contributed by atoms with Crippen LogP contribution in [-0.2, 0) is 26.5 Å². The van der Waals surface area contributed by atoms with Crippen molar-refractivity contribution in [1.29, 1.82) is 0 Å². The van der Waals surface area contributed by atoms with Gasteiger partial charge in [0.2, 0.25) is 0 Å². The van der Waals surface area contributed by atoms with Gasteiger partial charge in [-0.05, 0) is 77.2 Å². The van der Waals surface area contributed by atoms with Gasteiger partial charge in [-0.1, -0.05) is 59.6 Å². The van der Waals surface area contributed by atoms with Crippen LogP contribution in [0.1, 0.15) is 11.1 Å². The number of benzene rings is 4. The van der Waals surface area contributed by atoms with Crippen molar-refractivity contribution in [3.63, 3.8) is 0 Å². The Labute approximate surface area is 213 Å². The molecule has 10 heteroatoms. The van der Waals surface area contributed by atoms with E-state index >= 15 is 0 Å². The molecule has 0 heterocycles. The highest BCUT2D eigenvalue weighted by atomic mass is 35.5. The lowest BCUT2D eigenvalue weighted by Gasteiger charge is -2.22. The molecule has 0 atom stereocenters. The number of hydrogen-bond acceptors (Lipinski definition) is 4. The van der Waals surface area contributed by atoms with E-state index in [0.717, 1.165) is 22.3 Å². The summed E-state index contributed by atoms with van der Waals surface area (Å²) < 4.78 is 59.1. The Hall–Kier alpha value is -3.04. The average Bonchev–Trinajstić information content (AvgIpc) is 3.19. The SMILES string of the molecule is O=S(=O)([N-]c1ccc(Cl)cc1)c1ccc2c(c1)Cc1cc(S(=O)(=O)[N-]c3ccc(Cl)cc3)ccc1-2. The lowest BCUT2D eigenvalue weighted by molar-refractivity contribution is 0.601. The van der Waals surface area contributed by atoms with Crippen molar-refractivity contribution in [3.8, 4) is 11.1 Å². The number of halogens is 2. The molecule has 0 amide bonds. The van der Waals surface area contributed by atoms with Crippen molar-refractivity contribution in [2.24, 2.45) is 0 Å². The Morgan fingerprint density at radius 3 is 1.29 bits per heavy atom. The van der Waals surface area contributed by atoms with Gasteiger partial charge < -0.3 is 9.44 Å². The molecule has 1 aliphatic carbocycles. The van der Waals surface area contributed by atoms with E-state index in [2.05, 4.69) is 9.44 Å². The molecule has 4 aromatic rings. The zero-order valence-electron chi connectivity index (χ0n) is 17.9. The van der Waals surface area contributed by atoms with Gasteiger partial charge in [0, 0.05) is 10.0 Å². The molecule has 0 saturated carbocycles. The summed E-state index contributed by atoms with van der Waals surface area (Å²) in [4.78, 5) is 0.120. The Balaban J connectivity index is 1.40. The second kappa shape index (κ2) is 8.87. The zero-order chi connectivity index (χ0) is 24.8. The van der Waals surface area contributed by atoms with E-state index in [0.29, 0.717) is 16.5 Å². The Morgan fingerprint density at radius 1 is 0.543 bits per heavy atom. The maximum atomic E-state index is 12.8. The first-order valence-electron chi connectivity index (χ1n) is 10.3. The summed E-state index contributed by atoms with van der Waals surface area (Å²) in [5, 5.41) is 0.970. The van der Waals surface area contributed by atoms with Crippen LogP contribution in [0.2, 0.25) is 10.0 Å². The zero-order valence-corrected chi connectivity index (χ0v) is 21.0. The minimum Gasteiger partial charge on any atom is -0.573 e. The summed E-state index contributed by atoms with van der Waals surface area (Å²) in [7, 11) is -7.89. The number of fused-ring (bicyclic) bond motifs is 3. The van der Waals surface area contributed by atoms with Gasteiger partial charge in [0.1, 0.15) is 20.0 Å². The van der Waals surface area contributed by atoms with Crippen LogP contribution < -0.4 is 0 Å². The van der Waals surface area contributed by atoms with Crippen LogP contribution in [-0.4, -0.2) is 16.8 Å². The van der Waals surface area contributed by atoms with Crippen molar-refractivity contribution in [2.45, 2.75) is 16.2 Å². The van der Waals surface area contributed by atoms with Gasteiger partial charge in [0.05, 0.1) is 9.79 Å². The predicted octanol–water partition coefficient (Wildman–Crippen LogP) is 7.35. The first-order chi connectivity index (χ1) is 16.6. The summed E-state index contributed by atoms with van der Waals surface area (Å²) in [6.07, 6.45) is 0.388. The first-order valence-corrected chi connectivity index (χ1v) is 14.0. The topological polar surface area (TPSA) is 96.5 Å². The van der Waals surface area contributed by atoms with Crippen LogP contribution in [0.15, 0.2) is 94.7 Å². The van der Waals surface area contributed by atoms with Crippen LogP contribution in [0.25, 0.3) is 20.6 Å². The van der Waals surface area contributed by atoms with E-state index in [1.165, 1.54) is 36.4 Å². The lowest BCUT2D eigenvalue weighted by atomic mass is 10.1. The Morgan fingerprint density at radius 2 is 0.914 bits per heavy atom. The minimum atomic E-state index is -3.94. The molecule has 0 aromatic heterocycles. The second-order valence-electron chi connectivity index (χ2n) is 7.90. The monoisotopic (exact) mass is 542 g/mol. The molecule has 0 fully saturated rings. The summed E-state index contributed by atoms with van der Waals surface area (Å²) in [5.41, 5.74) is 3.80. The molecular formula is C25H16Cl2N2O4S2-2. The van der Waals surface area contributed by atoms with Crippen molar-refractivity contribution in [1.82, 2.24) is 0 Å². The summed E-state index contributed by atoms with van der Waals surface area (Å²) in [6.45, 7) is 0. The van der Waals surface area contributed by atoms with Gasteiger partial charge >= 0.3 is 0 Å². The van der Waals surface area contributed by atoms with Crippen LogP contribution in [0.5, 0.6) is 0 Å². The molecule has 0 bridgehead atoms. The van der Waals surface area contributed by atoms with Gasteiger partial charge in [0.25, 0.3) is 0 Å². The maximum absolute atomic E-state index is 12.8. The van der Waals surface area contributed by atoms with E-state index in [9.17, 15) is 16.8 Å². The standard InChI is InChI=1S/C25H16Cl2N2O4S2/c26-18-1-5-20(6-2-18)28-34(30,31)22-9-11-24-16(14-22)13-17-15-23(10-12-25(17)24)35(32,33)29-21-7-3-19(27)4-8-21/h1-12,14-15H,13H2/q-2. The molecule has 0 unspecified atom stereocenters. The van der Waals surface area contributed by atoms with Crippen molar-refractivity contribution in [3.05, 3.63) is 116 Å². The highest BCUT2D eigenvalue weighted by molar-refractivity contribution is 7.94. The predicted molar refractivity (Wildman–Crippen MR) is 138 cm³/mol. The fraction of sp³-hybridized carbons (Fsp3) is 0.0400. The summed E-state index contributed by atoms with van der Waals surface area (Å²) in [6, 6.07) is 22.0. The highest BCUT2D eigenvalue weighted by Gasteiger charge is 2.21. The van der Waals surface area contributed by atoms with Gasteiger partial charge in [-0.15, -0.1) is 11.4 Å². The van der Waals surface area contributed by atoms with Crippen LogP contribution in [0, 0.1) is 0 Å². The number of rotatable bonds is 6. The Bertz CT molecular complexity index is 1530. The van der Waals surface area contributed by atoms with Gasteiger partial charge in [-0.2, -0.15) is 0 Å². The van der Waals surface area contributed by atoms with Crippen molar-refractivity contribution >= 4 is 54.6 Å². The molecule has 0 aliphatic heterocycles. The lowest BCUT2D eigenvalue weighted by Crippen LogP contribution is -1.99. The molecule has 0 saturated heterocycles. The fourth-order valence-electron chi connectivity index (χ4n) is 3.87. The van der Waals surface area contributed by atoms with Crippen LogP contribution >= 0.6 is 23.2 Å². The molecule has 6 nitrogen and oxygen atoms in total. The maximum Gasteiger partial charge on any atom is 0.123 e. The molecule has 0 radical (unpaired) electrons. The third kappa shape index (κ3) is 4.88. The molecular weight excluding hydrogens is 527 g/mol. The first kappa shape index (κ1) is 23.7. The number of hydrogen-bond donors (Lipinski definition) is 0. The van der Waals surface area contributed by atoms with Gasteiger partial charge in [0.15, 0.2) is 0 Å². The van der Waals surface area contributed by atoms with Crippen LogP contribution in [0.3, 0.4) is 0 Å². The minimum absolute atomic E-state index is 0.0598. The average molecular weight is 543 g/mol. The number of nitrogens with zero attached hydrogens (tertiary/aromatic N) is 2. The normalized spacial score (nSPS) is 12.6. The summed E-state index contributed by atoms with van der Waals surface area (Å²) in [5.74, 6) is 0. The van der Waals surface area contributed by atoms with Crippen molar-refractivity contribution in [2.75, 3.05) is 0 Å². The van der Waals surface area contributed by atoms with Gasteiger partial charge in [-0.25, -0.2) is 16.8 Å². The quantitative estimate of drug-likeness (QED) is 0.224. The smallest absolute Gasteiger partial charge is 0.123 e. The summed E-state index contributed by atoms with van der Waals surface area (Å²) >= 11 is 11.7. The second-order valence-corrected chi connectivity index (χ2v) is 12.0. The molecule has 35 heavy (non-hydrogen) atoms. The van der Waals surface area contributed by atoms with Crippen molar-refractivity contribution < 1.29 is 16.8 Å². The molecule has 5 rings (SSSR count). The highest BCUT2D eigenvalue weighted by Crippen LogP contribution is 2.41. The molecule has 0 spiro atoms. The third-order valence-electron chi connectivity index (χ3n) is 5.52. The fourth-order valence-corrected chi connectivity index (χ4v) is 6.19. The van der Waals surface area contributed by atoms with E-state index in [4.69, 9.17) is 23.2 Å². The van der Waals surface area contributed by atoms with Gasteiger partial charge in [-0.3, -0.25) is 0 Å². The van der Waals surface area contributed by atoms with Crippen LogP contribution in [0.4, 0.5) is 11.4 Å². The Kier molecular flexibility index (Phi) is 6.01. The molecule has 0 N–H and O–H groups in total. The van der Waals surface area contributed by atoms with E-state index in [-0.39, 0.29) is 21.2 Å². The molecule has 4 aromatic carbocycles. The third-order valence-corrected chi connectivity index (χ3v) is 8.63. The van der Waals surface area contributed by atoms with E-state index < -0.39 is 20.0 Å². The van der Waals surface area contributed by atoms with E-state index in [1.807, 2.05) is 0 Å². The molecule has 1 aliphatic rings. The van der Waals surface area contributed by atoms with E-state index in [1.54, 1.807) is 48.5 Å².